The third-order valence-electron chi connectivity index (χ3n) is 3.49. The van der Waals surface area contributed by atoms with Crippen molar-refractivity contribution < 1.29 is 9.18 Å². The lowest BCUT2D eigenvalue weighted by Crippen LogP contribution is -2.14. The summed E-state index contributed by atoms with van der Waals surface area (Å²) in [4.78, 5) is 16.3. The number of carbonyl (C=O) groups excluding carboxylic acids is 1. The van der Waals surface area contributed by atoms with Crippen LogP contribution in [0.2, 0.25) is 10.0 Å². The van der Waals surface area contributed by atoms with Gasteiger partial charge in [0.2, 0.25) is 5.91 Å². The molecule has 1 heterocycles. The topological polar surface area (TPSA) is 54.0 Å². The van der Waals surface area contributed by atoms with Crippen LogP contribution in [0.4, 0.5) is 21.6 Å². The zero-order chi connectivity index (χ0) is 18.5. The van der Waals surface area contributed by atoms with E-state index in [4.69, 9.17) is 23.2 Å². The van der Waals surface area contributed by atoms with Gasteiger partial charge in [0.05, 0.1) is 29.0 Å². The number of anilines is 3. The summed E-state index contributed by atoms with van der Waals surface area (Å²) >= 11 is 12.0. The number of nitrogens with one attached hydrogen (secondary N) is 2. The van der Waals surface area contributed by atoms with Crippen LogP contribution >= 0.6 is 23.2 Å². The number of amides is 1. The van der Waals surface area contributed by atoms with Crippen LogP contribution in [0.1, 0.15) is 5.56 Å². The normalized spacial score (nSPS) is 10.4. The predicted molar refractivity (Wildman–Crippen MR) is 103 cm³/mol. The van der Waals surface area contributed by atoms with E-state index in [2.05, 4.69) is 15.6 Å². The van der Waals surface area contributed by atoms with Gasteiger partial charge in [0.15, 0.2) is 0 Å². The Kier molecular flexibility index (Phi) is 5.71. The highest BCUT2D eigenvalue weighted by Gasteiger charge is 2.07. The lowest BCUT2D eigenvalue weighted by molar-refractivity contribution is -0.115. The van der Waals surface area contributed by atoms with Crippen molar-refractivity contribution in [2.75, 3.05) is 10.6 Å². The minimum absolute atomic E-state index is 0.0815. The molecule has 3 rings (SSSR count). The molecule has 1 aromatic heterocycles. The van der Waals surface area contributed by atoms with E-state index in [-0.39, 0.29) is 18.1 Å². The molecule has 0 aliphatic carbocycles. The van der Waals surface area contributed by atoms with E-state index >= 15 is 0 Å². The number of carbonyl (C=O) groups is 1. The smallest absolute Gasteiger partial charge is 0.228 e. The average Bonchev–Trinajstić information content (AvgIpc) is 2.59. The lowest BCUT2D eigenvalue weighted by Gasteiger charge is -2.09. The van der Waals surface area contributed by atoms with Gasteiger partial charge in [0, 0.05) is 5.02 Å². The molecule has 2 N–H and O–H groups in total. The van der Waals surface area contributed by atoms with Crippen LogP contribution in [0.15, 0.2) is 60.8 Å². The van der Waals surface area contributed by atoms with Crippen LogP contribution in [-0.2, 0) is 11.2 Å². The number of pyridine rings is 1. The second-order valence-corrected chi connectivity index (χ2v) is 6.38. The van der Waals surface area contributed by atoms with Crippen LogP contribution < -0.4 is 10.6 Å². The summed E-state index contributed by atoms with van der Waals surface area (Å²) in [5.74, 6) is -0.0514. The van der Waals surface area contributed by atoms with Crippen molar-refractivity contribution in [2.45, 2.75) is 6.42 Å². The molecule has 0 unspecified atom stereocenters. The maximum atomic E-state index is 13.2. The van der Waals surface area contributed by atoms with Gasteiger partial charge in [-0.25, -0.2) is 9.37 Å². The molecular formula is C19H14Cl2FN3O. The summed E-state index contributed by atoms with van der Waals surface area (Å²) in [6.45, 7) is 0. The molecule has 0 fully saturated rings. The molecule has 132 valence electrons. The van der Waals surface area contributed by atoms with Crippen molar-refractivity contribution >= 4 is 46.3 Å². The Bertz CT molecular complexity index is 932. The number of halogens is 3. The lowest BCUT2D eigenvalue weighted by atomic mass is 10.1. The SMILES string of the molecule is O=C(Cc1cccc(F)c1)Nc1ccc(Nc2ccc(Cl)cc2Cl)nc1. The summed E-state index contributed by atoms with van der Waals surface area (Å²) in [5.41, 5.74) is 1.82. The second kappa shape index (κ2) is 8.17. The molecule has 4 nitrogen and oxygen atoms in total. The van der Waals surface area contributed by atoms with Crippen molar-refractivity contribution in [1.82, 2.24) is 4.98 Å². The van der Waals surface area contributed by atoms with Crippen molar-refractivity contribution in [3.8, 4) is 0 Å². The van der Waals surface area contributed by atoms with Crippen LogP contribution in [0.5, 0.6) is 0 Å². The molecule has 0 atom stereocenters. The maximum Gasteiger partial charge on any atom is 0.228 e. The monoisotopic (exact) mass is 389 g/mol. The van der Waals surface area contributed by atoms with Crippen LogP contribution in [0.25, 0.3) is 0 Å². The van der Waals surface area contributed by atoms with Gasteiger partial charge in [0.1, 0.15) is 11.6 Å². The standard InChI is InChI=1S/C19H14Cl2FN3O/c20-13-4-6-17(16(21)10-13)25-18-7-5-15(11-23-18)24-19(26)9-12-2-1-3-14(22)8-12/h1-8,10-11H,9H2,(H,23,25)(H,24,26). The van der Waals surface area contributed by atoms with Gasteiger partial charge in [-0.3, -0.25) is 4.79 Å². The maximum absolute atomic E-state index is 13.2. The molecule has 0 saturated heterocycles. The molecule has 0 aliphatic rings. The molecule has 0 saturated carbocycles. The number of aromatic nitrogens is 1. The zero-order valence-electron chi connectivity index (χ0n) is 13.5. The van der Waals surface area contributed by atoms with Gasteiger partial charge in [-0.05, 0) is 48.0 Å². The largest absolute Gasteiger partial charge is 0.339 e. The Balaban J connectivity index is 1.61. The second-order valence-electron chi connectivity index (χ2n) is 5.54. The molecule has 7 heteroatoms. The number of hydrogen-bond acceptors (Lipinski definition) is 3. The molecule has 0 spiro atoms. The highest BCUT2D eigenvalue weighted by Crippen LogP contribution is 2.27. The Labute approximate surface area is 160 Å². The van der Waals surface area contributed by atoms with Crippen molar-refractivity contribution in [3.63, 3.8) is 0 Å². The van der Waals surface area contributed by atoms with Crippen LogP contribution in [0.3, 0.4) is 0 Å². The molecular weight excluding hydrogens is 376 g/mol. The van der Waals surface area contributed by atoms with Gasteiger partial charge < -0.3 is 10.6 Å². The Morgan fingerprint density at radius 1 is 1.08 bits per heavy atom. The van der Waals surface area contributed by atoms with Gasteiger partial charge >= 0.3 is 0 Å². The van der Waals surface area contributed by atoms with E-state index in [1.807, 2.05) is 0 Å². The molecule has 26 heavy (non-hydrogen) atoms. The zero-order valence-corrected chi connectivity index (χ0v) is 15.0. The number of benzene rings is 2. The average molecular weight is 390 g/mol. The van der Waals surface area contributed by atoms with E-state index in [0.29, 0.717) is 32.8 Å². The van der Waals surface area contributed by atoms with Crippen molar-refractivity contribution in [3.05, 3.63) is 82.2 Å². The Morgan fingerprint density at radius 2 is 1.92 bits per heavy atom. The van der Waals surface area contributed by atoms with Crippen molar-refractivity contribution in [2.24, 2.45) is 0 Å². The summed E-state index contributed by atoms with van der Waals surface area (Å²) in [6, 6.07) is 14.5. The van der Waals surface area contributed by atoms with Gasteiger partial charge in [0.25, 0.3) is 0 Å². The van der Waals surface area contributed by atoms with Crippen LogP contribution in [-0.4, -0.2) is 10.9 Å². The fourth-order valence-corrected chi connectivity index (χ4v) is 2.76. The molecule has 0 bridgehead atoms. The molecule has 2 aromatic carbocycles. The quantitative estimate of drug-likeness (QED) is 0.609. The third-order valence-corrected chi connectivity index (χ3v) is 4.04. The predicted octanol–water partition coefficient (Wildman–Crippen LogP) is 5.45. The minimum atomic E-state index is -0.367. The number of rotatable bonds is 5. The Hall–Kier alpha value is -2.63. The fraction of sp³-hybridized carbons (Fsp3) is 0.0526. The summed E-state index contributed by atoms with van der Waals surface area (Å²) in [5, 5.41) is 6.82. The molecule has 0 radical (unpaired) electrons. The van der Waals surface area contributed by atoms with Gasteiger partial charge in [-0.15, -0.1) is 0 Å². The molecule has 0 aliphatic heterocycles. The summed E-state index contributed by atoms with van der Waals surface area (Å²) in [7, 11) is 0. The van der Waals surface area contributed by atoms with E-state index in [1.54, 1.807) is 42.5 Å². The van der Waals surface area contributed by atoms with E-state index in [1.165, 1.54) is 18.3 Å². The highest BCUT2D eigenvalue weighted by molar-refractivity contribution is 6.36. The first-order valence-corrected chi connectivity index (χ1v) is 8.47. The fourth-order valence-electron chi connectivity index (χ4n) is 2.31. The van der Waals surface area contributed by atoms with Crippen molar-refractivity contribution in [1.29, 1.82) is 0 Å². The van der Waals surface area contributed by atoms with Crippen LogP contribution in [0, 0.1) is 5.82 Å². The minimum Gasteiger partial charge on any atom is -0.339 e. The molecule has 3 aromatic rings. The number of nitrogens with zero attached hydrogens (tertiary/aromatic N) is 1. The first-order chi connectivity index (χ1) is 12.5. The highest BCUT2D eigenvalue weighted by atomic mass is 35.5. The summed E-state index contributed by atoms with van der Waals surface area (Å²) in [6.07, 6.45) is 1.60. The van der Waals surface area contributed by atoms with E-state index < -0.39 is 0 Å². The first kappa shape index (κ1) is 18.2. The van der Waals surface area contributed by atoms with E-state index in [9.17, 15) is 9.18 Å². The first-order valence-electron chi connectivity index (χ1n) is 7.72. The van der Waals surface area contributed by atoms with Gasteiger partial charge in [-0.2, -0.15) is 0 Å². The van der Waals surface area contributed by atoms with E-state index in [0.717, 1.165) is 0 Å². The third kappa shape index (κ3) is 4.94. The van der Waals surface area contributed by atoms with Gasteiger partial charge in [-0.1, -0.05) is 35.3 Å². The number of hydrogen-bond donors (Lipinski definition) is 2. The summed E-state index contributed by atoms with van der Waals surface area (Å²) < 4.78 is 13.2. The Morgan fingerprint density at radius 3 is 2.62 bits per heavy atom. The molecule has 1 amide bonds.